The second-order valence-corrected chi connectivity index (χ2v) is 3.01. The highest BCUT2D eigenvalue weighted by molar-refractivity contribution is 4.99. The molecule has 3 N–H and O–H groups in total. The number of nitrogens with zero attached hydrogens (tertiary/aromatic N) is 2. The molecule has 2 heterocycles. The van der Waals surface area contributed by atoms with E-state index in [1.165, 1.54) is 0 Å². The predicted octanol–water partition coefficient (Wildman–Crippen LogP) is 1.41. The van der Waals surface area contributed by atoms with Gasteiger partial charge in [-0.15, -0.1) is 0 Å². The first-order chi connectivity index (χ1) is 8.31. The first-order valence-electron chi connectivity index (χ1n) is 5.34. The van der Waals surface area contributed by atoms with Crippen LogP contribution in [0.5, 0.6) is 0 Å². The molecule has 17 heavy (non-hydrogen) atoms. The Balaban J connectivity index is 0.000000236. The van der Waals surface area contributed by atoms with Crippen LogP contribution in [0.25, 0.3) is 0 Å². The quantitative estimate of drug-likeness (QED) is 0.781. The second-order valence-electron chi connectivity index (χ2n) is 3.01. The van der Waals surface area contributed by atoms with Crippen molar-refractivity contribution in [2.24, 2.45) is 5.73 Å². The van der Waals surface area contributed by atoms with E-state index in [1.807, 2.05) is 43.3 Å². The van der Waals surface area contributed by atoms with E-state index in [4.69, 9.17) is 10.8 Å². The van der Waals surface area contributed by atoms with E-state index >= 15 is 0 Å². The van der Waals surface area contributed by atoms with Gasteiger partial charge in [0.2, 0.25) is 0 Å². The third kappa shape index (κ3) is 12.2. The number of aromatic nitrogens is 2. The molecule has 0 amide bonds. The molecule has 0 unspecified atom stereocenters. The Morgan fingerprint density at radius 3 is 1.82 bits per heavy atom. The van der Waals surface area contributed by atoms with Crippen molar-refractivity contribution in [3.8, 4) is 0 Å². The highest BCUT2D eigenvalue weighted by Crippen LogP contribution is 1.86. The summed E-state index contributed by atoms with van der Waals surface area (Å²) in [6.45, 7) is 2.44. The zero-order chi connectivity index (χ0) is 12.8. The van der Waals surface area contributed by atoms with Crippen molar-refractivity contribution in [1.29, 1.82) is 0 Å². The third-order valence-electron chi connectivity index (χ3n) is 1.51. The van der Waals surface area contributed by atoms with Crippen LogP contribution in [0.1, 0.15) is 5.69 Å². The molecule has 0 saturated carbocycles. The number of hydrogen-bond acceptors (Lipinski definition) is 4. The van der Waals surface area contributed by atoms with Crippen LogP contribution in [-0.2, 0) is 0 Å². The van der Waals surface area contributed by atoms with Crippen LogP contribution in [0.15, 0.2) is 55.0 Å². The largest absolute Gasteiger partial charge is 0.395 e. The summed E-state index contributed by atoms with van der Waals surface area (Å²) >= 11 is 0. The summed E-state index contributed by atoms with van der Waals surface area (Å²) in [7, 11) is 0. The lowest BCUT2D eigenvalue weighted by atomic mass is 10.4. The van der Waals surface area contributed by atoms with Gasteiger partial charge in [0.25, 0.3) is 0 Å². The van der Waals surface area contributed by atoms with Crippen molar-refractivity contribution in [3.05, 3.63) is 60.7 Å². The summed E-state index contributed by atoms with van der Waals surface area (Å²) in [6, 6.07) is 11.6. The van der Waals surface area contributed by atoms with Gasteiger partial charge in [0, 0.05) is 30.8 Å². The Kier molecular flexibility index (Phi) is 11.0. The Morgan fingerprint density at radius 2 is 1.65 bits per heavy atom. The maximum atomic E-state index is 7.75. The van der Waals surface area contributed by atoms with E-state index in [2.05, 4.69) is 9.97 Å². The summed E-state index contributed by atoms with van der Waals surface area (Å²) in [4.78, 5) is 7.76. The lowest BCUT2D eigenvalue weighted by molar-refractivity contribution is 0.306. The topological polar surface area (TPSA) is 72.0 Å². The maximum Gasteiger partial charge on any atom is 0.0553 e. The molecule has 0 aliphatic rings. The molecule has 0 bridgehead atoms. The van der Waals surface area contributed by atoms with Crippen LogP contribution in [0.2, 0.25) is 0 Å². The highest BCUT2D eigenvalue weighted by atomic mass is 16.3. The van der Waals surface area contributed by atoms with Crippen molar-refractivity contribution in [1.82, 2.24) is 9.97 Å². The van der Waals surface area contributed by atoms with Crippen molar-refractivity contribution in [3.63, 3.8) is 0 Å². The van der Waals surface area contributed by atoms with Crippen LogP contribution >= 0.6 is 0 Å². The van der Waals surface area contributed by atoms with Crippen molar-refractivity contribution >= 4 is 0 Å². The molecule has 0 spiro atoms. The lowest BCUT2D eigenvalue weighted by Crippen LogP contribution is -2.02. The Bertz CT molecular complexity index is 312. The van der Waals surface area contributed by atoms with Crippen LogP contribution in [0.4, 0.5) is 0 Å². The van der Waals surface area contributed by atoms with Gasteiger partial charge >= 0.3 is 0 Å². The molecule has 2 aromatic rings. The number of nitrogens with two attached hydrogens (primary N) is 1. The molecule has 0 atom stereocenters. The van der Waals surface area contributed by atoms with Gasteiger partial charge in [0.1, 0.15) is 0 Å². The van der Waals surface area contributed by atoms with Crippen LogP contribution in [0, 0.1) is 6.92 Å². The number of hydrogen-bond donors (Lipinski definition) is 2. The van der Waals surface area contributed by atoms with E-state index in [0.29, 0.717) is 6.54 Å². The summed E-state index contributed by atoms with van der Waals surface area (Å²) in [5.74, 6) is 0. The van der Waals surface area contributed by atoms with Crippen molar-refractivity contribution in [2.45, 2.75) is 6.92 Å². The van der Waals surface area contributed by atoms with E-state index in [1.54, 1.807) is 18.6 Å². The van der Waals surface area contributed by atoms with Gasteiger partial charge in [0.15, 0.2) is 0 Å². The molecule has 2 aromatic heterocycles. The molecular weight excluding hydrogens is 214 g/mol. The van der Waals surface area contributed by atoms with E-state index in [0.717, 1.165) is 5.69 Å². The minimum atomic E-state index is 0.0972. The van der Waals surface area contributed by atoms with Crippen molar-refractivity contribution < 1.29 is 5.11 Å². The normalized spacial score (nSPS) is 8.18. The van der Waals surface area contributed by atoms with Gasteiger partial charge in [-0.25, -0.2) is 0 Å². The van der Waals surface area contributed by atoms with Crippen LogP contribution in [-0.4, -0.2) is 28.2 Å². The molecule has 0 fully saturated rings. The number of pyridine rings is 2. The summed E-state index contributed by atoms with van der Waals surface area (Å²) in [6.07, 6.45) is 5.29. The van der Waals surface area contributed by atoms with E-state index in [9.17, 15) is 0 Å². The second kappa shape index (κ2) is 12.3. The number of aryl methyl sites for hydroxylation is 1. The van der Waals surface area contributed by atoms with Gasteiger partial charge in [-0.3, -0.25) is 9.97 Å². The molecular formula is C13H19N3O. The SMILES string of the molecule is Cc1ccccn1.NCCO.c1ccncc1. The molecule has 0 saturated heterocycles. The minimum absolute atomic E-state index is 0.0972. The predicted molar refractivity (Wildman–Crippen MR) is 69.4 cm³/mol. The summed E-state index contributed by atoms with van der Waals surface area (Å²) in [5, 5.41) is 7.75. The van der Waals surface area contributed by atoms with Crippen molar-refractivity contribution in [2.75, 3.05) is 13.2 Å². The van der Waals surface area contributed by atoms with E-state index < -0.39 is 0 Å². The van der Waals surface area contributed by atoms with Gasteiger partial charge in [-0.2, -0.15) is 0 Å². The summed E-state index contributed by atoms with van der Waals surface area (Å²) < 4.78 is 0. The fourth-order valence-electron chi connectivity index (χ4n) is 0.761. The Hall–Kier alpha value is -1.78. The minimum Gasteiger partial charge on any atom is -0.395 e. The lowest BCUT2D eigenvalue weighted by Gasteiger charge is -1.82. The Labute approximate surface area is 102 Å². The summed E-state index contributed by atoms with van der Waals surface area (Å²) in [5.41, 5.74) is 5.85. The van der Waals surface area contributed by atoms with Crippen LogP contribution < -0.4 is 5.73 Å². The number of aliphatic hydroxyl groups excluding tert-OH is 1. The monoisotopic (exact) mass is 233 g/mol. The molecule has 4 heteroatoms. The first-order valence-corrected chi connectivity index (χ1v) is 5.34. The van der Waals surface area contributed by atoms with Crippen LogP contribution in [0.3, 0.4) is 0 Å². The van der Waals surface area contributed by atoms with Gasteiger partial charge < -0.3 is 10.8 Å². The van der Waals surface area contributed by atoms with Gasteiger partial charge in [-0.05, 0) is 31.2 Å². The Morgan fingerprint density at radius 1 is 1.06 bits per heavy atom. The zero-order valence-electron chi connectivity index (χ0n) is 10.0. The average molecular weight is 233 g/mol. The molecule has 92 valence electrons. The maximum absolute atomic E-state index is 7.75. The van der Waals surface area contributed by atoms with Gasteiger partial charge in [-0.1, -0.05) is 12.1 Å². The van der Waals surface area contributed by atoms with Gasteiger partial charge in [0.05, 0.1) is 6.61 Å². The highest BCUT2D eigenvalue weighted by Gasteiger charge is 1.73. The molecule has 4 nitrogen and oxygen atoms in total. The molecule has 0 aliphatic carbocycles. The standard InChI is InChI=1S/C6H7N.C5H5N.C2H7NO/c1-6-4-2-3-5-7-6;1-2-4-6-5-3-1;3-1-2-4/h2-5H,1H3;1-5H;4H,1-3H2. The first kappa shape index (κ1) is 15.2. The number of rotatable bonds is 1. The third-order valence-corrected chi connectivity index (χ3v) is 1.51. The smallest absolute Gasteiger partial charge is 0.0553 e. The molecule has 2 rings (SSSR count). The average Bonchev–Trinajstić information content (AvgIpc) is 2.43. The fourth-order valence-corrected chi connectivity index (χ4v) is 0.761. The number of aliphatic hydroxyl groups is 1. The van der Waals surface area contributed by atoms with E-state index in [-0.39, 0.29) is 6.61 Å². The molecule has 0 aliphatic heterocycles. The fraction of sp³-hybridized carbons (Fsp3) is 0.231. The molecule has 0 aromatic carbocycles. The zero-order valence-corrected chi connectivity index (χ0v) is 10.0. The molecule has 0 radical (unpaired) electrons.